The number of hydrogen-bond donors (Lipinski definition) is 2. The number of epoxide rings is 1. The zero-order valence-electron chi connectivity index (χ0n) is 11.2. The Morgan fingerprint density at radius 2 is 2.00 bits per heavy atom. The van der Waals surface area contributed by atoms with Crippen LogP contribution in [0.4, 0.5) is 0 Å². The van der Waals surface area contributed by atoms with Crippen LogP contribution in [-0.2, 0) is 14.3 Å². The summed E-state index contributed by atoms with van der Waals surface area (Å²) in [5.41, 5.74) is -0.842. The molecule has 2 saturated carbocycles. The Kier molecular flexibility index (Phi) is 2.22. The molecular formula is C15H18O5. The fourth-order valence-electron chi connectivity index (χ4n) is 4.34. The van der Waals surface area contributed by atoms with E-state index in [1.165, 1.54) is 0 Å². The van der Waals surface area contributed by atoms with E-state index in [1.807, 2.05) is 0 Å². The third-order valence-corrected chi connectivity index (χ3v) is 5.64. The largest absolute Gasteiger partial charge is 0.458 e. The number of fused-ring (bicyclic) bond motifs is 3. The van der Waals surface area contributed by atoms with Gasteiger partial charge >= 0.3 is 5.97 Å². The molecule has 2 saturated heterocycles. The fraction of sp³-hybridized carbons (Fsp3) is 0.667. The number of aliphatic hydroxyl groups is 2. The predicted octanol–water partition coefficient (Wildman–Crippen LogP) is 0.315. The zero-order valence-corrected chi connectivity index (χ0v) is 11.2. The van der Waals surface area contributed by atoms with E-state index in [0.717, 1.165) is 0 Å². The van der Waals surface area contributed by atoms with Crippen LogP contribution < -0.4 is 0 Å². The summed E-state index contributed by atoms with van der Waals surface area (Å²) in [5.74, 6) is -0.794. The van der Waals surface area contributed by atoms with Crippen LogP contribution in [-0.4, -0.2) is 46.2 Å². The molecule has 0 aromatic rings. The fourth-order valence-corrected chi connectivity index (χ4v) is 4.34. The van der Waals surface area contributed by atoms with Gasteiger partial charge in [0.05, 0.1) is 18.3 Å². The van der Waals surface area contributed by atoms with Gasteiger partial charge in [-0.1, -0.05) is 13.2 Å². The quantitative estimate of drug-likeness (QED) is 0.289. The molecule has 5 nitrogen and oxygen atoms in total. The van der Waals surface area contributed by atoms with Gasteiger partial charge in [-0.05, 0) is 18.4 Å². The van der Waals surface area contributed by atoms with Gasteiger partial charge in [0, 0.05) is 23.8 Å². The van der Waals surface area contributed by atoms with Crippen LogP contribution in [0.2, 0.25) is 0 Å². The maximum Gasteiger partial charge on any atom is 0.334 e. The van der Waals surface area contributed by atoms with E-state index in [9.17, 15) is 15.0 Å². The molecule has 4 rings (SSSR count). The topological polar surface area (TPSA) is 79.3 Å². The summed E-state index contributed by atoms with van der Waals surface area (Å²) >= 11 is 0. The van der Waals surface area contributed by atoms with E-state index < -0.39 is 17.3 Å². The first-order valence-corrected chi connectivity index (χ1v) is 7.01. The second-order valence-electron chi connectivity index (χ2n) is 6.59. The van der Waals surface area contributed by atoms with E-state index in [4.69, 9.17) is 9.47 Å². The van der Waals surface area contributed by atoms with Crippen molar-refractivity contribution in [1.29, 1.82) is 0 Å². The minimum absolute atomic E-state index is 0.186. The van der Waals surface area contributed by atoms with Crippen molar-refractivity contribution in [2.24, 2.45) is 11.8 Å². The highest BCUT2D eigenvalue weighted by molar-refractivity contribution is 5.90. The summed E-state index contributed by atoms with van der Waals surface area (Å²) in [7, 11) is 0. The number of ether oxygens (including phenoxy) is 2. The van der Waals surface area contributed by atoms with Crippen molar-refractivity contribution in [3.8, 4) is 0 Å². The summed E-state index contributed by atoms with van der Waals surface area (Å²) in [5, 5.41) is 21.2. The Morgan fingerprint density at radius 3 is 2.65 bits per heavy atom. The predicted molar refractivity (Wildman–Crippen MR) is 68.6 cm³/mol. The van der Waals surface area contributed by atoms with Crippen molar-refractivity contribution in [1.82, 2.24) is 0 Å². The van der Waals surface area contributed by atoms with Gasteiger partial charge < -0.3 is 19.7 Å². The van der Waals surface area contributed by atoms with Gasteiger partial charge in [0.2, 0.25) is 0 Å². The van der Waals surface area contributed by atoms with Gasteiger partial charge in [-0.25, -0.2) is 4.79 Å². The van der Waals surface area contributed by atoms with E-state index in [2.05, 4.69) is 13.2 Å². The molecule has 4 aliphatic rings. The van der Waals surface area contributed by atoms with Crippen molar-refractivity contribution in [2.45, 2.75) is 42.7 Å². The van der Waals surface area contributed by atoms with Crippen molar-refractivity contribution in [3.63, 3.8) is 0 Å². The highest BCUT2D eigenvalue weighted by atomic mass is 16.6. The average molecular weight is 278 g/mol. The van der Waals surface area contributed by atoms with Crippen LogP contribution in [0.25, 0.3) is 0 Å². The molecule has 108 valence electrons. The molecule has 2 heterocycles. The molecule has 0 bridgehead atoms. The maximum atomic E-state index is 11.7. The Hall–Kier alpha value is -1.17. The molecule has 5 heteroatoms. The molecule has 0 aromatic heterocycles. The Bertz CT molecular complexity index is 534. The van der Waals surface area contributed by atoms with Crippen LogP contribution in [0.1, 0.15) is 19.3 Å². The SMILES string of the molecule is C=C1C(=O)O[C@H]2C[C@]3(CO3)[C@@H]3C[C@@H](O)C(=C)[C@]3(O)C[C@H]12. The normalized spacial score (nSPS) is 53.6. The van der Waals surface area contributed by atoms with Crippen molar-refractivity contribution in [3.05, 3.63) is 24.3 Å². The summed E-state index contributed by atoms with van der Waals surface area (Å²) in [6, 6.07) is 0. The first kappa shape index (κ1) is 12.6. The van der Waals surface area contributed by atoms with Gasteiger partial charge in [-0.2, -0.15) is 0 Å². The third-order valence-electron chi connectivity index (χ3n) is 5.64. The van der Waals surface area contributed by atoms with E-state index in [0.29, 0.717) is 37.0 Å². The lowest BCUT2D eigenvalue weighted by Gasteiger charge is -2.33. The number of hydrogen-bond acceptors (Lipinski definition) is 5. The molecule has 0 amide bonds. The number of carbonyl (C=O) groups is 1. The maximum absolute atomic E-state index is 11.7. The summed E-state index contributed by atoms with van der Waals surface area (Å²) in [6.07, 6.45) is 0.351. The van der Waals surface area contributed by atoms with Crippen molar-refractivity contribution < 1.29 is 24.5 Å². The number of aliphatic hydroxyl groups excluding tert-OH is 1. The molecular weight excluding hydrogens is 260 g/mol. The first-order chi connectivity index (χ1) is 9.37. The van der Waals surface area contributed by atoms with Gasteiger partial charge in [-0.3, -0.25) is 0 Å². The summed E-state index contributed by atoms with van der Waals surface area (Å²) in [4.78, 5) is 11.7. The lowest BCUT2D eigenvalue weighted by atomic mass is 9.77. The monoisotopic (exact) mass is 278 g/mol. The smallest absolute Gasteiger partial charge is 0.334 e. The van der Waals surface area contributed by atoms with Gasteiger partial charge in [0.25, 0.3) is 0 Å². The molecule has 2 N–H and O–H groups in total. The zero-order chi connectivity index (χ0) is 14.3. The van der Waals surface area contributed by atoms with Crippen LogP contribution in [0, 0.1) is 11.8 Å². The van der Waals surface area contributed by atoms with Crippen LogP contribution in [0.5, 0.6) is 0 Å². The number of esters is 1. The lowest BCUT2D eigenvalue weighted by Crippen LogP contribution is -2.42. The average Bonchev–Trinajstić information content (AvgIpc) is 3.09. The molecule has 2 aliphatic carbocycles. The van der Waals surface area contributed by atoms with Gasteiger partial charge in [0.15, 0.2) is 0 Å². The first-order valence-electron chi connectivity index (χ1n) is 7.01. The molecule has 0 radical (unpaired) electrons. The Balaban J connectivity index is 1.79. The van der Waals surface area contributed by atoms with E-state index >= 15 is 0 Å². The molecule has 0 unspecified atom stereocenters. The third kappa shape index (κ3) is 1.35. The van der Waals surface area contributed by atoms with Crippen LogP contribution in [0.3, 0.4) is 0 Å². The Morgan fingerprint density at radius 1 is 1.30 bits per heavy atom. The van der Waals surface area contributed by atoms with Crippen molar-refractivity contribution in [2.75, 3.05) is 6.61 Å². The van der Waals surface area contributed by atoms with Gasteiger partial charge in [-0.15, -0.1) is 0 Å². The molecule has 1 spiro atoms. The molecule has 20 heavy (non-hydrogen) atoms. The molecule has 4 fully saturated rings. The highest BCUT2D eigenvalue weighted by Gasteiger charge is 2.68. The molecule has 0 aromatic carbocycles. The van der Waals surface area contributed by atoms with Crippen molar-refractivity contribution >= 4 is 5.97 Å². The second-order valence-corrected chi connectivity index (χ2v) is 6.59. The molecule has 2 aliphatic heterocycles. The molecule has 6 atom stereocenters. The minimum Gasteiger partial charge on any atom is -0.458 e. The van der Waals surface area contributed by atoms with Crippen LogP contribution in [0.15, 0.2) is 24.3 Å². The number of carbonyl (C=O) groups excluding carboxylic acids is 1. The highest BCUT2D eigenvalue weighted by Crippen LogP contribution is 2.60. The lowest BCUT2D eigenvalue weighted by molar-refractivity contribution is -0.139. The van der Waals surface area contributed by atoms with Gasteiger partial charge in [0.1, 0.15) is 11.7 Å². The van der Waals surface area contributed by atoms with E-state index in [1.54, 1.807) is 0 Å². The Labute approximate surface area is 116 Å². The number of rotatable bonds is 0. The minimum atomic E-state index is -1.20. The summed E-state index contributed by atoms with van der Waals surface area (Å²) < 4.78 is 11.0. The standard InChI is InChI=1S/C15H18O5/c1-7-9-4-15(18)8(2)10(16)3-12(15)14(6-19-14)5-11(9)20-13(7)17/h9-12,16,18H,1-6H2/t9-,10-,11+,12+,14+,15-/m1/s1. The van der Waals surface area contributed by atoms with Crippen LogP contribution >= 0.6 is 0 Å². The van der Waals surface area contributed by atoms with E-state index in [-0.39, 0.29) is 23.9 Å². The second kappa shape index (κ2) is 3.53. The summed E-state index contributed by atoms with van der Waals surface area (Å²) in [6.45, 7) is 8.21.